The molecule has 1 heterocycles. The van der Waals surface area contributed by atoms with Crippen LogP contribution in [0.5, 0.6) is 5.75 Å². The van der Waals surface area contributed by atoms with Crippen molar-refractivity contribution in [3.63, 3.8) is 0 Å². The first-order chi connectivity index (χ1) is 19.2. The van der Waals surface area contributed by atoms with Crippen molar-refractivity contribution in [2.45, 2.75) is 44.8 Å². The van der Waals surface area contributed by atoms with E-state index in [0.717, 1.165) is 42.6 Å². The number of para-hydroxylation sites is 1. The van der Waals surface area contributed by atoms with E-state index in [1.165, 1.54) is 35.0 Å². The van der Waals surface area contributed by atoms with Gasteiger partial charge >= 0.3 is 0 Å². The molecule has 0 bridgehead atoms. The third-order valence-electron chi connectivity index (χ3n) is 7.30. The number of nitrogens with zero attached hydrogens (tertiary/aromatic N) is 2. The summed E-state index contributed by atoms with van der Waals surface area (Å²) in [4.78, 5) is 20.6. The summed E-state index contributed by atoms with van der Waals surface area (Å²) in [7, 11) is 0. The van der Waals surface area contributed by atoms with Crippen molar-refractivity contribution in [3.8, 4) is 5.75 Å². The fraction of sp³-hybridized carbons (Fsp3) is 0.212. The molecule has 196 valence electrons. The smallest absolute Gasteiger partial charge is 0.267 e. The zero-order valence-corrected chi connectivity index (χ0v) is 22.4. The van der Waals surface area contributed by atoms with Crippen LogP contribution in [0.3, 0.4) is 0 Å². The molecule has 1 saturated carbocycles. The molecule has 1 amide bonds. The quantitative estimate of drug-likeness (QED) is 0.232. The molecule has 0 unspecified atom stereocenters. The van der Waals surface area contributed by atoms with Gasteiger partial charge in [0.2, 0.25) is 0 Å². The minimum atomic E-state index is -0.391. The Labute approximate surface area is 232 Å². The van der Waals surface area contributed by atoms with Gasteiger partial charge in [0, 0.05) is 6.04 Å². The Hall–Kier alpha value is -3.90. The van der Waals surface area contributed by atoms with Crippen LogP contribution in [0.1, 0.15) is 43.2 Å². The Kier molecular flexibility index (Phi) is 7.46. The first-order valence-electron chi connectivity index (χ1n) is 13.4. The zero-order chi connectivity index (χ0) is 26.6. The van der Waals surface area contributed by atoms with Crippen LogP contribution in [0.2, 0.25) is 0 Å². The molecule has 2 fully saturated rings. The van der Waals surface area contributed by atoms with Crippen molar-refractivity contribution in [1.82, 2.24) is 4.90 Å². The Morgan fingerprint density at radius 1 is 0.897 bits per heavy atom. The number of fused-ring (bicyclic) bond motifs is 1. The van der Waals surface area contributed by atoms with Gasteiger partial charge in [0.15, 0.2) is 5.17 Å². The summed E-state index contributed by atoms with van der Waals surface area (Å²) < 4.78 is 20.5. The zero-order valence-electron chi connectivity index (χ0n) is 21.6. The molecule has 0 aromatic heterocycles. The number of thioether (sulfide) groups is 1. The Morgan fingerprint density at radius 3 is 2.46 bits per heavy atom. The highest BCUT2D eigenvalue weighted by molar-refractivity contribution is 8.18. The van der Waals surface area contributed by atoms with E-state index in [0.29, 0.717) is 16.7 Å². The summed E-state index contributed by atoms with van der Waals surface area (Å²) in [6, 6.07) is 28.8. The molecule has 0 radical (unpaired) electrons. The molecular formula is C33H29FN2O2S. The first kappa shape index (κ1) is 25.4. The van der Waals surface area contributed by atoms with Gasteiger partial charge in [-0.15, -0.1) is 0 Å². The summed E-state index contributed by atoms with van der Waals surface area (Å²) in [5.74, 6) is 0.317. The number of halogens is 1. The summed E-state index contributed by atoms with van der Waals surface area (Å²) >= 11 is 1.32. The summed E-state index contributed by atoms with van der Waals surface area (Å²) in [6.45, 7) is 0.475. The van der Waals surface area contributed by atoms with Crippen molar-refractivity contribution >= 4 is 45.4 Å². The molecule has 2 aliphatic rings. The van der Waals surface area contributed by atoms with E-state index in [4.69, 9.17) is 4.74 Å². The Bertz CT molecular complexity index is 1550. The van der Waals surface area contributed by atoms with Gasteiger partial charge in [-0.05, 0) is 76.8 Å². The number of amides is 1. The lowest BCUT2D eigenvalue weighted by molar-refractivity contribution is -0.124. The highest BCUT2D eigenvalue weighted by Crippen LogP contribution is 2.39. The molecule has 4 nitrogen and oxygen atoms in total. The molecule has 6 rings (SSSR count). The van der Waals surface area contributed by atoms with Gasteiger partial charge < -0.3 is 4.74 Å². The van der Waals surface area contributed by atoms with Crippen molar-refractivity contribution < 1.29 is 13.9 Å². The van der Waals surface area contributed by atoms with Crippen LogP contribution in [-0.2, 0) is 11.4 Å². The number of hydrogen-bond donors (Lipinski definition) is 0. The van der Waals surface area contributed by atoms with Crippen molar-refractivity contribution in [1.29, 1.82) is 0 Å². The van der Waals surface area contributed by atoms with Crippen LogP contribution in [0.4, 0.5) is 10.1 Å². The van der Waals surface area contributed by atoms with Gasteiger partial charge in [0.05, 0.1) is 4.91 Å². The molecule has 0 atom stereocenters. The number of ether oxygens (including phenoxy) is 1. The van der Waals surface area contributed by atoms with Gasteiger partial charge in [0.1, 0.15) is 23.9 Å². The number of rotatable bonds is 6. The molecule has 4 aromatic rings. The second-order valence-electron chi connectivity index (χ2n) is 9.92. The van der Waals surface area contributed by atoms with E-state index in [1.807, 2.05) is 48.5 Å². The van der Waals surface area contributed by atoms with E-state index >= 15 is 0 Å². The molecule has 1 aliphatic heterocycles. The topological polar surface area (TPSA) is 41.9 Å². The number of aliphatic imine (C=N–C) groups is 1. The van der Waals surface area contributed by atoms with Crippen molar-refractivity contribution in [3.05, 3.63) is 113 Å². The standard InChI is InChI=1S/C33H29FN2O2S/c34-29-15-6-7-16-30(29)35-33-36(26-12-2-1-3-13-26)32(37)31(39-33)21-23-17-19-27(20-18-23)38-22-25-11-8-10-24-9-4-5-14-28(24)25/h4-11,14-21,26H,1-3,12-13,22H2/b31-21-,35-33?. The molecule has 0 spiro atoms. The van der Waals surface area contributed by atoms with Crippen LogP contribution < -0.4 is 4.74 Å². The first-order valence-corrected chi connectivity index (χ1v) is 14.2. The SMILES string of the molecule is O=C1/C(=C/c2ccc(OCc3cccc4ccccc34)cc2)SC(=Nc2ccccc2F)N1C1CCCCC1. The van der Waals surface area contributed by atoms with Gasteiger partial charge in [-0.3, -0.25) is 9.69 Å². The molecule has 6 heteroatoms. The second-order valence-corrected chi connectivity index (χ2v) is 10.9. The number of hydrogen-bond acceptors (Lipinski definition) is 4. The molecule has 4 aromatic carbocycles. The maximum absolute atomic E-state index is 14.4. The summed E-state index contributed by atoms with van der Waals surface area (Å²) in [5.41, 5.74) is 2.29. The number of carbonyl (C=O) groups excluding carboxylic acids is 1. The average molecular weight is 537 g/mol. The lowest BCUT2D eigenvalue weighted by Crippen LogP contribution is -2.40. The average Bonchev–Trinajstić information content (AvgIpc) is 3.28. The van der Waals surface area contributed by atoms with Gasteiger partial charge in [0.25, 0.3) is 5.91 Å². The maximum Gasteiger partial charge on any atom is 0.267 e. The fourth-order valence-corrected chi connectivity index (χ4v) is 6.31. The molecular weight excluding hydrogens is 507 g/mol. The number of carbonyl (C=O) groups is 1. The molecule has 0 N–H and O–H groups in total. The highest BCUT2D eigenvalue weighted by atomic mass is 32.2. The molecule has 39 heavy (non-hydrogen) atoms. The minimum Gasteiger partial charge on any atom is -0.489 e. The molecule has 1 saturated heterocycles. The minimum absolute atomic E-state index is 0.0572. The van der Waals surface area contributed by atoms with Crippen molar-refractivity contribution in [2.75, 3.05) is 0 Å². The highest BCUT2D eigenvalue weighted by Gasteiger charge is 2.38. The Balaban J connectivity index is 1.21. The predicted octanol–water partition coefficient (Wildman–Crippen LogP) is 8.49. The monoisotopic (exact) mass is 536 g/mol. The van der Waals surface area contributed by atoms with Crippen LogP contribution in [0, 0.1) is 5.82 Å². The van der Waals surface area contributed by atoms with E-state index in [2.05, 4.69) is 29.3 Å². The summed E-state index contributed by atoms with van der Waals surface area (Å²) in [6.07, 6.45) is 7.14. The lowest BCUT2D eigenvalue weighted by atomic mass is 9.94. The number of amidine groups is 1. The van der Waals surface area contributed by atoms with Gasteiger partial charge in [-0.25, -0.2) is 9.38 Å². The van der Waals surface area contributed by atoms with E-state index in [9.17, 15) is 9.18 Å². The van der Waals surface area contributed by atoms with E-state index < -0.39 is 5.82 Å². The normalized spacial score (nSPS) is 18.4. The van der Waals surface area contributed by atoms with Gasteiger partial charge in [-0.2, -0.15) is 0 Å². The van der Waals surface area contributed by atoms with Crippen LogP contribution in [-0.4, -0.2) is 22.0 Å². The van der Waals surface area contributed by atoms with E-state index in [1.54, 1.807) is 23.1 Å². The Morgan fingerprint density at radius 2 is 1.64 bits per heavy atom. The van der Waals surface area contributed by atoms with Gasteiger partial charge in [-0.1, -0.05) is 86.0 Å². The fourth-order valence-electron chi connectivity index (χ4n) is 5.26. The number of benzene rings is 4. The van der Waals surface area contributed by atoms with Crippen LogP contribution in [0.15, 0.2) is 101 Å². The second kappa shape index (κ2) is 11.5. The van der Waals surface area contributed by atoms with E-state index in [-0.39, 0.29) is 17.6 Å². The summed E-state index contributed by atoms with van der Waals surface area (Å²) in [5, 5.41) is 2.94. The third kappa shape index (κ3) is 5.62. The lowest BCUT2D eigenvalue weighted by Gasteiger charge is -2.30. The maximum atomic E-state index is 14.4. The van der Waals surface area contributed by atoms with Crippen LogP contribution >= 0.6 is 11.8 Å². The third-order valence-corrected chi connectivity index (χ3v) is 8.28. The van der Waals surface area contributed by atoms with Crippen LogP contribution in [0.25, 0.3) is 16.8 Å². The molecule has 1 aliphatic carbocycles. The predicted molar refractivity (Wildman–Crippen MR) is 158 cm³/mol. The van der Waals surface area contributed by atoms with Crippen molar-refractivity contribution in [2.24, 2.45) is 4.99 Å². The largest absolute Gasteiger partial charge is 0.489 e.